The van der Waals surface area contributed by atoms with Gasteiger partial charge >= 0.3 is 5.97 Å². The summed E-state index contributed by atoms with van der Waals surface area (Å²) in [5.41, 5.74) is 4.29. The molecule has 0 N–H and O–H groups in total. The van der Waals surface area contributed by atoms with Gasteiger partial charge in [-0.15, -0.1) is 0 Å². The molecule has 6 rings (SSSR count). The second-order valence-corrected chi connectivity index (χ2v) is 8.65. The number of ketones is 1. The van der Waals surface area contributed by atoms with Crippen LogP contribution in [0.15, 0.2) is 109 Å². The van der Waals surface area contributed by atoms with E-state index in [4.69, 9.17) is 4.74 Å². The summed E-state index contributed by atoms with van der Waals surface area (Å²) in [6.07, 6.45) is 0. The molecule has 36 heavy (non-hydrogen) atoms. The summed E-state index contributed by atoms with van der Waals surface area (Å²) in [5, 5.41) is 3.21. The summed E-state index contributed by atoms with van der Waals surface area (Å²) in [6, 6.07) is 35.0. The van der Waals surface area contributed by atoms with Crippen LogP contribution in [0.25, 0.3) is 38.3 Å². The Balaban J connectivity index is 1.82. The van der Waals surface area contributed by atoms with Gasteiger partial charge in [-0.05, 0) is 35.4 Å². The lowest BCUT2D eigenvalue weighted by Crippen LogP contribution is -2.08. The molecule has 0 bridgehead atoms. The maximum Gasteiger partial charge on any atom is 0.340 e. The van der Waals surface area contributed by atoms with Crippen molar-refractivity contribution in [1.29, 1.82) is 0 Å². The van der Waals surface area contributed by atoms with E-state index in [1.54, 1.807) is 19.1 Å². The topological polar surface area (TPSA) is 47.8 Å². The van der Waals surface area contributed by atoms with Crippen molar-refractivity contribution >= 4 is 38.9 Å². The minimum Gasteiger partial charge on any atom is -0.462 e. The number of hydrogen-bond donors (Lipinski definition) is 0. The molecule has 0 amide bonds. The van der Waals surface area contributed by atoms with Gasteiger partial charge in [0, 0.05) is 16.5 Å². The number of esters is 1. The first-order valence-electron chi connectivity index (χ1n) is 12.0. The lowest BCUT2D eigenvalue weighted by atomic mass is 9.96. The highest BCUT2D eigenvalue weighted by molar-refractivity contribution is 6.20. The maximum atomic E-state index is 14.2. The zero-order chi connectivity index (χ0) is 24.6. The van der Waals surface area contributed by atoms with Gasteiger partial charge in [-0.2, -0.15) is 0 Å². The number of pyridine rings is 1. The van der Waals surface area contributed by atoms with Crippen LogP contribution in [0, 0.1) is 0 Å². The molecule has 0 unspecified atom stereocenters. The second kappa shape index (κ2) is 8.82. The van der Waals surface area contributed by atoms with Crippen LogP contribution in [-0.2, 0) is 4.74 Å². The molecule has 174 valence electrons. The monoisotopic (exact) mass is 469 g/mol. The van der Waals surface area contributed by atoms with Gasteiger partial charge in [0.2, 0.25) is 5.78 Å². The fourth-order valence-corrected chi connectivity index (χ4v) is 5.05. The van der Waals surface area contributed by atoms with E-state index in [-0.39, 0.29) is 12.4 Å². The molecule has 0 saturated heterocycles. The Morgan fingerprint density at radius 3 is 2.11 bits per heavy atom. The van der Waals surface area contributed by atoms with Gasteiger partial charge in [0.05, 0.1) is 23.2 Å². The van der Waals surface area contributed by atoms with E-state index < -0.39 is 5.97 Å². The third kappa shape index (κ3) is 3.38. The standard InChI is InChI=1S/C32H23NO3/c1-2-36-32(35)29-27-20-18-25-24-16-10-9-11-21(24)17-19-26(25)33(27)30(28(29)22-12-5-3-6-13-22)31(34)23-14-7-4-8-15-23/h3-20H,2H2,1H3. The van der Waals surface area contributed by atoms with Crippen molar-refractivity contribution in [3.05, 3.63) is 126 Å². The van der Waals surface area contributed by atoms with E-state index in [1.165, 1.54) is 0 Å². The Labute approximate surface area is 208 Å². The number of nitrogens with zero attached hydrogens (tertiary/aromatic N) is 1. The van der Waals surface area contributed by atoms with Crippen molar-refractivity contribution in [3.8, 4) is 11.1 Å². The Bertz CT molecular complexity index is 1770. The molecule has 6 aromatic rings. The third-order valence-electron chi connectivity index (χ3n) is 6.60. The van der Waals surface area contributed by atoms with Crippen LogP contribution >= 0.6 is 0 Å². The zero-order valence-corrected chi connectivity index (χ0v) is 19.8. The van der Waals surface area contributed by atoms with Crippen molar-refractivity contribution in [2.75, 3.05) is 6.61 Å². The van der Waals surface area contributed by atoms with Crippen LogP contribution in [0.4, 0.5) is 0 Å². The van der Waals surface area contributed by atoms with E-state index in [0.717, 1.165) is 27.2 Å². The molecule has 4 nitrogen and oxygen atoms in total. The van der Waals surface area contributed by atoms with Crippen molar-refractivity contribution in [2.24, 2.45) is 0 Å². The summed E-state index contributed by atoms with van der Waals surface area (Å²) >= 11 is 0. The molecule has 2 aromatic heterocycles. The molecular formula is C32H23NO3. The summed E-state index contributed by atoms with van der Waals surface area (Å²) in [7, 11) is 0. The van der Waals surface area contributed by atoms with Gasteiger partial charge in [-0.25, -0.2) is 4.79 Å². The Hall–Kier alpha value is -4.70. The molecule has 4 aromatic carbocycles. The van der Waals surface area contributed by atoms with Gasteiger partial charge in [-0.1, -0.05) is 97.1 Å². The number of carbonyl (C=O) groups excluding carboxylic acids is 2. The number of hydrogen-bond acceptors (Lipinski definition) is 3. The first kappa shape index (κ1) is 21.8. The number of aromatic nitrogens is 1. The number of fused-ring (bicyclic) bond motifs is 5. The van der Waals surface area contributed by atoms with Gasteiger partial charge in [0.25, 0.3) is 0 Å². The number of rotatable bonds is 5. The lowest BCUT2D eigenvalue weighted by molar-refractivity contribution is 0.0529. The number of ether oxygens (including phenoxy) is 1. The molecule has 0 aliphatic heterocycles. The SMILES string of the molecule is CCOC(=O)c1c(-c2ccccc2)c(C(=O)c2ccccc2)n2c1ccc1c3ccccc3ccc12. The first-order chi connectivity index (χ1) is 17.7. The predicted octanol–water partition coefficient (Wildman–Crippen LogP) is 7.32. The van der Waals surface area contributed by atoms with Crippen LogP contribution in [0.2, 0.25) is 0 Å². The predicted molar refractivity (Wildman–Crippen MR) is 144 cm³/mol. The summed E-state index contributed by atoms with van der Waals surface area (Å²) < 4.78 is 7.45. The molecule has 0 aliphatic carbocycles. The van der Waals surface area contributed by atoms with Gasteiger partial charge in [0.1, 0.15) is 5.69 Å². The quantitative estimate of drug-likeness (QED) is 0.151. The molecule has 0 atom stereocenters. The van der Waals surface area contributed by atoms with E-state index >= 15 is 0 Å². The molecule has 0 saturated carbocycles. The molecule has 0 spiro atoms. The molecule has 2 heterocycles. The van der Waals surface area contributed by atoms with E-state index in [2.05, 4.69) is 18.2 Å². The highest BCUT2D eigenvalue weighted by Gasteiger charge is 2.30. The largest absolute Gasteiger partial charge is 0.462 e. The fourth-order valence-electron chi connectivity index (χ4n) is 5.05. The molecule has 0 radical (unpaired) electrons. The van der Waals surface area contributed by atoms with Crippen molar-refractivity contribution in [1.82, 2.24) is 4.40 Å². The minimum absolute atomic E-state index is 0.152. The summed E-state index contributed by atoms with van der Waals surface area (Å²) in [5.74, 6) is -0.596. The van der Waals surface area contributed by atoms with Crippen LogP contribution in [0.5, 0.6) is 0 Å². The summed E-state index contributed by atoms with van der Waals surface area (Å²) in [4.78, 5) is 27.6. The van der Waals surface area contributed by atoms with Crippen LogP contribution in [-0.4, -0.2) is 22.8 Å². The first-order valence-corrected chi connectivity index (χ1v) is 12.0. The highest BCUT2D eigenvalue weighted by Crippen LogP contribution is 2.38. The van der Waals surface area contributed by atoms with Crippen molar-refractivity contribution in [3.63, 3.8) is 0 Å². The van der Waals surface area contributed by atoms with Crippen LogP contribution in [0.1, 0.15) is 33.3 Å². The maximum absolute atomic E-state index is 14.2. The van der Waals surface area contributed by atoms with Gasteiger partial charge < -0.3 is 9.14 Å². The smallest absolute Gasteiger partial charge is 0.340 e. The van der Waals surface area contributed by atoms with E-state index in [0.29, 0.717) is 27.9 Å². The van der Waals surface area contributed by atoms with Crippen LogP contribution in [0.3, 0.4) is 0 Å². The van der Waals surface area contributed by atoms with Crippen LogP contribution < -0.4 is 0 Å². The van der Waals surface area contributed by atoms with Crippen molar-refractivity contribution < 1.29 is 14.3 Å². The Morgan fingerprint density at radius 2 is 1.36 bits per heavy atom. The average Bonchev–Trinajstić information content (AvgIpc) is 3.29. The molecular weight excluding hydrogens is 446 g/mol. The second-order valence-electron chi connectivity index (χ2n) is 8.65. The summed E-state index contributed by atoms with van der Waals surface area (Å²) in [6.45, 7) is 2.03. The number of carbonyl (C=O) groups is 2. The van der Waals surface area contributed by atoms with E-state index in [9.17, 15) is 9.59 Å². The normalized spacial score (nSPS) is 11.2. The van der Waals surface area contributed by atoms with Gasteiger partial charge in [-0.3, -0.25) is 4.79 Å². The Morgan fingerprint density at radius 1 is 0.694 bits per heavy atom. The average molecular weight is 470 g/mol. The lowest BCUT2D eigenvalue weighted by Gasteiger charge is -2.11. The third-order valence-corrected chi connectivity index (χ3v) is 6.60. The molecule has 0 aliphatic rings. The molecule has 0 fully saturated rings. The fraction of sp³-hybridized carbons (Fsp3) is 0.0625. The van der Waals surface area contributed by atoms with Gasteiger partial charge in [0.15, 0.2) is 0 Å². The highest BCUT2D eigenvalue weighted by atomic mass is 16.5. The number of benzene rings is 4. The minimum atomic E-state index is -0.443. The Kier molecular flexibility index (Phi) is 5.34. The van der Waals surface area contributed by atoms with E-state index in [1.807, 2.05) is 83.3 Å². The van der Waals surface area contributed by atoms with Crippen molar-refractivity contribution in [2.45, 2.75) is 6.92 Å². The zero-order valence-electron chi connectivity index (χ0n) is 19.8. The molecule has 4 heteroatoms.